The quantitative estimate of drug-likeness (QED) is 0.758. The molecule has 1 saturated heterocycles. The second-order valence-electron chi connectivity index (χ2n) is 6.99. The van der Waals surface area contributed by atoms with Crippen LogP contribution in [0.2, 0.25) is 0 Å². The van der Waals surface area contributed by atoms with Crippen LogP contribution in [0.5, 0.6) is 0 Å². The van der Waals surface area contributed by atoms with Crippen molar-refractivity contribution in [3.63, 3.8) is 0 Å². The lowest BCUT2D eigenvalue weighted by Crippen LogP contribution is -2.52. The number of nitrogens with zero attached hydrogens (tertiary/aromatic N) is 1. The molecule has 21 heavy (non-hydrogen) atoms. The van der Waals surface area contributed by atoms with Crippen LogP contribution < -0.4 is 5.32 Å². The van der Waals surface area contributed by atoms with Crippen molar-refractivity contribution in [2.24, 2.45) is 5.92 Å². The van der Waals surface area contributed by atoms with Gasteiger partial charge in [-0.05, 0) is 44.6 Å². The van der Waals surface area contributed by atoms with Crippen LogP contribution in [-0.4, -0.2) is 47.7 Å². The summed E-state index contributed by atoms with van der Waals surface area (Å²) in [6, 6.07) is 1.26. The van der Waals surface area contributed by atoms with E-state index in [0.717, 1.165) is 32.5 Å². The zero-order valence-corrected chi connectivity index (χ0v) is 13.5. The molecule has 2 atom stereocenters. The van der Waals surface area contributed by atoms with Crippen LogP contribution >= 0.6 is 0 Å². The van der Waals surface area contributed by atoms with E-state index in [9.17, 15) is 4.79 Å². The third-order valence-corrected chi connectivity index (χ3v) is 5.00. The van der Waals surface area contributed by atoms with E-state index in [1.165, 1.54) is 38.5 Å². The highest BCUT2D eigenvalue weighted by molar-refractivity contribution is 5.66. The van der Waals surface area contributed by atoms with E-state index >= 15 is 0 Å². The number of carbonyl (C=O) groups is 1. The molecule has 0 bridgehead atoms. The van der Waals surface area contributed by atoms with E-state index in [0.29, 0.717) is 24.4 Å². The molecule has 0 amide bonds. The van der Waals surface area contributed by atoms with E-state index in [-0.39, 0.29) is 0 Å². The Labute approximate surface area is 129 Å². The van der Waals surface area contributed by atoms with Crippen LogP contribution in [0, 0.1) is 5.92 Å². The van der Waals surface area contributed by atoms with Crippen molar-refractivity contribution < 1.29 is 9.90 Å². The molecule has 122 valence electrons. The van der Waals surface area contributed by atoms with E-state index < -0.39 is 5.97 Å². The molecule has 4 heteroatoms. The van der Waals surface area contributed by atoms with Crippen LogP contribution in [0.3, 0.4) is 0 Å². The van der Waals surface area contributed by atoms with Gasteiger partial charge in [0, 0.05) is 31.6 Å². The summed E-state index contributed by atoms with van der Waals surface area (Å²) in [4.78, 5) is 13.4. The lowest BCUT2D eigenvalue weighted by molar-refractivity contribution is -0.137. The van der Waals surface area contributed by atoms with Gasteiger partial charge in [0.1, 0.15) is 0 Å². The number of piperidine rings is 1. The Morgan fingerprint density at radius 2 is 1.95 bits per heavy atom. The SMILES string of the molecule is CCCN1CC(CCC(=O)O)CC(NC2CCCCC2)C1. The molecular formula is C17H32N2O2. The Balaban J connectivity index is 1.84. The highest BCUT2D eigenvalue weighted by Crippen LogP contribution is 2.24. The highest BCUT2D eigenvalue weighted by Gasteiger charge is 2.28. The van der Waals surface area contributed by atoms with Crippen molar-refractivity contribution in [1.29, 1.82) is 0 Å². The van der Waals surface area contributed by atoms with Crippen molar-refractivity contribution in [2.75, 3.05) is 19.6 Å². The molecule has 2 N–H and O–H groups in total. The number of carboxylic acid groups (broad SMARTS) is 1. The Morgan fingerprint density at radius 1 is 1.19 bits per heavy atom. The van der Waals surface area contributed by atoms with Crippen LogP contribution in [0.1, 0.15) is 64.7 Å². The molecule has 0 aromatic carbocycles. The Morgan fingerprint density at radius 3 is 2.62 bits per heavy atom. The summed E-state index contributed by atoms with van der Waals surface area (Å²) in [5, 5.41) is 12.8. The van der Waals surface area contributed by atoms with E-state index in [1.807, 2.05) is 0 Å². The average molecular weight is 296 g/mol. The van der Waals surface area contributed by atoms with Crippen molar-refractivity contribution in [1.82, 2.24) is 10.2 Å². The topological polar surface area (TPSA) is 52.6 Å². The number of likely N-dealkylation sites (tertiary alicyclic amines) is 1. The van der Waals surface area contributed by atoms with Gasteiger partial charge in [-0.2, -0.15) is 0 Å². The number of rotatable bonds is 7. The molecule has 2 rings (SSSR count). The van der Waals surface area contributed by atoms with Crippen LogP contribution in [0.25, 0.3) is 0 Å². The van der Waals surface area contributed by atoms with Crippen molar-refractivity contribution in [3.05, 3.63) is 0 Å². The molecule has 2 aliphatic rings. The second kappa shape index (κ2) is 8.74. The van der Waals surface area contributed by atoms with Gasteiger partial charge in [-0.3, -0.25) is 4.79 Å². The first-order valence-corrected chi connectivity index (χ1v) is 8.87. The molecule has 1 aliphatic carbocycles. The van der Waals surface area contributed by atoms with Crippen LogP contribution in [0.4, 0.5) is 0 Å². The Bertz CT molecular complexity index is 316. The van der Waals surface area contributed by atoms with Crippen molar-refractivity contribution in [3.8, 4) is 0 Å². The summed E-state index contributed by atoms with van der Waals surface area (Å²) in [5.74, 6) is -0.109. The van der Waals surface area contributed by atoms with Gasteiger partial charge in [0.15, 0.2) is 0 Å². The van der Waals surface area contributed by atoms with Crippen LogP contribution in [0.15, 0.2) is 0 Å². The highest BCUT2D eigenvalue weighted by atomic mass is 16.4. The monoisotopic (exact) mass is 296 g/mol. The lowest BCUT2D eigenvalue weighted by Gasteiger charge is -2.40. The van der Waals surface area contributed by atoms with E-state index in [2.05, 4.69) is 17.1 Å². The normalized spacial score (nSPS) is 28.6. The van der Waals surface area contributed by atoms with Gasteiger partial charge in [0.2, 0.25) is 0 Å². The first-order chi connectivity index (χ1) is 10.2. The average Bonchev–Trinajstić information content (AvgIpc) is 2.46. The number of aliphatic carboxylic acids is 1. The maximum atomic E-state index is 10.8. The van der Waals surface area contributed by atoms with E-state index in [1.54, 1.807) is 0 Å². The number of hydrogen-bond donors (Lipinski definition) is 2. The van der Waals surface area contributed by atoms with Gasteiger partial charge >= 0.3 is 5.97 Å². The summed E-state index contributed by atoms with van der Waals surface area (Å²) in [6.45, 7) is 5.61. The first-order valence-electron chi connectivity index (χ1n) is 8.87. The summed E-state index contributed by atoms with van der Waals surface area (Å²) in [6.07, 6.45) is 10.3. The number of nitrogens with one attached hydrogen (secondary N) is 1. The fourth-order valence-electron chi connectivity index (χ4n) is 4.06. The van der Waals surface area contributed by atoms with Gasteiger partial charge in [-0.1, -0.05) is 26.2 Å². The number of carboxylic acids is 1. The first kappa shape index (κ1) is 16.8. The van der Waals surface area contributed by atoms with Crippen LogP contribution in [-0.2, 0) is 4.79 Å². The lowest BCUT2D eigenvalue weighted by atomic mass is 9.88. The van der Waals surface area contributed by atoms with Crippen molar-refractivity contribution in [2.45, 2.75) is 76.8 Å². The largest absolute Gasteiger partial charge is 0.481 e. The van der Waals surface area contributed by atoms with Gasteiger partial charge in [-0.15, -0.1) is 0 Å². The predicted molar refractivity (Wildman–Crippen MR) is 85.5 cm³/mol. The van der Waals surface area contributed by atoms with Crippen molar-refractivity contribution >= 4 is 5.97 Å². The molecular weight excluding hydrogens is 264 g/mol. The molecule has 2 fully saturated rings. The van der Waals surface area contributed by atoms with Gasteiger partial charge in [0.25, 0.3) is 0 Å². The summed E-state index contributed by atoms with van der Waals surface area (Å²) in [5.41, 5.74) is 0. The van der Waals surface area contributed by atoms with Gasteiger partial charge in [-0.25, -0.2) is 0 Å². The molecule has 0 spiro atoms. The molecule has 4 nitrogen and oxygen atoms in total. The maximum Gasteiger partial charge on any atom is 0.303 e. The zero-order valence-electron chi connectivity index (χ0n) is 13.5. The zero-order chi connectivity index (χ0) is 15.1. The fourth-order valence-corrected chi connectivity index (χ4v) is 4.06. The minimum atomic E-state index is -0.653. The van der Waals surface area contributed by atoms with Gasteiger partial charge < -0.3 is 15.3 Å². The predicted octanol–water partition coefficient (Wildman–Crippen LogP) is 2.87. The Hall–Kier alpha value is -0.610. The molecule has 1 saturated carbocycles. The third-order valence-electron chi connectivity index (χ3n) is 5.00. The molecule has 0 radical (unpaired) electrons. The van der Waals surface area contributed by atoms with E-state index in [4.69, 9.17) is 5.11 Å². The summed E-state index contributed by atoms with van der Waals surface area (Å²) < 4.78 is 0. The molecule has 1 heterocycles. The molecule has 0 aromatic rings. The Kier molecular flexibility index (Phi) is 6.97. The minimum absolute atomic E-state index is 0.320. The molecule has 0 aromatic heterocycles. The summed E-state index contributed by atoms with van der Waals surface area (Å²) >= 11 is 0. The standard InChI is InChI=1S/C17H32N2O2/c1-2-10-19-12-14(8-9-17(20)21)11-16(13-19)18-15-6-4-3-5-7-15/h14-16,18H,2-13H2,1H3,(H,20,21). The smallest absolute Gasteiger partial charge is 0.303 e. The third kappa shape index (κ3) is 5.95. The number of hydrogen-bond acceptors (Lipinski definition) is 3. The summed E-state index contributed by atoms with van der Waals surface area (Å²) in [7, 11) is 0. The molecule has 1 aliphatic heterocycles. The van der Waals surface area contributed by atoms with Gasteiger partial charge in [0.05, 0.1) is 0 Å². The maximum absolute atomic E-state index is 10.8. The minimum Gasteiger partial charge on any atom is -0.481 e. The second-order valence-corrected chi connectivity index (χ2v) is 6.99. The molecule has 2 unspecified atom stereocenters. The fraction of sp³-hybridized carbons (Fsp3) is 0.941.